The van der Waals surface area contributed by atoms with Crippen molar-refractivity contribution in [2.75, 3.05) is 11.9 Å². The molecule has 0 aliphatic carbocycles. The predicted molar refractivity (Wildman–Crippen MR) is 51.4 cm³/mol. The zero-order valence-electron chi connectivity index (χ0n) is 7.65. The minimum Gasteiger partial charge on any atom is -0.385 e. The van der Waals surface area contributed by atoms with Gasteiger partial charge in [-0.2, -0.15) is 0 Å². The first-order valence-corrected chi connectivity index (χ1v) is 4.45. The largest absolute Gasteiger partial charge is 0.385 e. The van der Waals surface area contributed by atoms with E-state index >= 15 is 0 Å². The summed E-state index contributed by atoms with van der Waals surface area (Å²) in [6.45, 7) is 5.68. The second-order valence-corrected chi connectivity index (χ2v) is 4.03. The van der Waals surface area contributed by atoms with Crippen LogP contribution < -0.4 is 5.32 Å². The summed E-state index contributed by atoms with van der Waals surface area (Å²) in [4.78, 5) is 0. The number of nitrogens with one attached hydrogen (secondary N) is 1. The summed E-state index contributed by atoms with van der Waals surface area (Å²) in [6.07, 6.45) is 1.21. The van der Waals surface area contributed by atoms with E-state index in [0.29, 0.717) is 5.41 Å². The highest BCUT2D eigenvalue weighted by Crippen LogP contribution is 2.35. The van der Waals surface area contributed by atoms with Crippen molar-refractivity contribution >= 4 is 5.69 Å². The van der Waals surface area contributed by atoms with Crippen molar-refractivity contribution < 1.29 is 0 Å². The van der Waals surface area contributed by atoms with E-state index in [9.17, 15) is 0 Å². The summed E-state index contributed by atoms with van der Waals surface area (Å²) in [6, 6.07) is 9.30. The number of fused-ring (bicyclic) bond motifs is 1. The molecule has 0 amide bonds. The molecule has 1 radical (unpaired) electrons. The van der Waals surface area contributed by atoms with Gasteiger partial charge >= 0.3 is 0 Å². The van der Waals surface area contributed by atoms with Crippen LogP contribution in [-0.4, -0.2) is 6.54 Å². The van der Waals surface area contributed by atoms with Crippen molar-refractivity contribution in [1.29, 1.82) is 0 Å². The van der Waals surface area contributed by atoms with Crippen LogP contribution in [0.25, 0.3) is 0 Å². The first-order valence-electron chi connectivity index (χ1n) is 4.45. The van der Waals surface area contributed by atoms with Crippen LogP contribution in [0.15, 0.2) is 18.2 Å². The lowest BCUT2D eigenvalue weighted by Gasteiger charge is -2.33. The Bertz CT molecular complexity index is 289. The fourth-order valence-electron chi connectivity index (χ4n) is 1.81. The van der Waals surface area contributed by atoms with Crippen molar-refractivity contribution in [1.82, 2.24) is 0 Å². The Hall–Kier alpha value is -0.980. The number of hydrogen-bond donors (Lipinski definition) is 1. The zero-order valence-corrected chi connectivity index (χ0v) is 7.65. The number of anilines is 1. The van der Waals surface area contributed by atoms with Crippen molar-refractivity contribution in [3.05, 3.63) is 29.8 Å². The van der Waals surface area contributed by atoms with Gasteiger partial charge in [0.25, 0.3) is 0 Å². The van der Waals surface area contributed by atoms with E-state index in [2.05, 4.69) is 31.3 Å². The molecule has 1 heterocycles. The second-order valence-electron chi connectivity index (χ2n) is 4.03. The minimum absolute atomic E-state index is 0.329. The van der Waals surface area contributed by atoms with Crippen LogP contribution >= 0.6 is 0 Å². The monoisotopic (exact) mass is 160 g/mol. The average molecular weight is 160 g/mol. The van der Waals surface area contributed by atoms with E-state index < -0.39 is 0 Å². The molecular weight excluding hydrogens is 146 g/mol. The van der Waals surface area contributed by atoms with E-state index in [-0.39, 0.29) is 0 Å². The average Bonchev–Trinajstić information content (AvgIpc) is 2.04. The Morgan fingerprint density at radius 1 is 1.50 bits per heavy atom. The predicted octanol–water partition coefficient (Wildman–Crippen LogP) is 2.58. The highest BCUT2D eigenvalue weighted by molar-refractivity contribution is 5.55. The standard InChI is InChI=1S/C11H14N/c1-11(2)7-8-12-10-6-4-3-5-9(10)11/h3,5-6,12H,7-8H2,1-2H3. The minimum atomic E-state index is 0.329. The third kappa shape index (κ3) is 1.09. The van der Waals surface area contributed by atoms with Gasteiger partial charge in [0.2, 0.25) is 0 Å². The third-order valence-corrected chi connectivity index (χ3v) is 2.66. The van der Waals surface area contributed by atoms with Gasteiger partial charge in [-0.15, -0.1) is 0 Å². The molecular formula is C11H14N. The maximum Gasteiger partial charge on any atom is 0.0384 e. The maximum atomic E-state index is 3.39. The van der Waals surface area contributed by atoms with E-state index in [1.54, 1.807) is 0 Å². The zero-order chi connectivity index (χ0) is 8.60. The van der Waals surface area contributed by atoms with Crippen molar-refractivity contribution in [3.8, 4) is 0 Å². The summed E-state index contributed by atoms with van der Waals surface area (Å²) < 4.78 is 0. The summed E-state index contributed by atoms with van der Waals surface area (Å²) in [5, 5.41) is 3.39. The highest BCUT2D eigenvalue weighted by atomic mass is 14.9. The van der Waals surface area contributed by atoms with Gasteiger partial charge in [0.15, 0.2) is 0 Å². The Morgan fingerprint density at radius 2 is 2.33 bits per heavy atom. The quantitative estimate of drug-likeness (QED) is 0.615. The highest BCUT2D eigenvalue weighted by Gasteiger charge is 2.26. The maximum absolute atomic E-state index is 3.39. The van der Waals surface area contributed by atoms with Crippen molar-refractivity contribution in [2.24, 2.45) is 0 Å². The van der Waals surface area contributed by atoms with Crippen LogP contribution in [0, 0.1) is 6.07 Å². The Balaban J connectivity index is 2.52. The van der Waals surface area contributed by atoms with Crippen LogP contribution in [0.3, 0.4) is 0 Å². The fraction of sp³-hybridized carbons (Fsp3) is 0.455. The van der Waals surface area contributed by atoms with Gasteiger partial charge in [0.1, 0.15) is 0 Å². The van der Waals surface area contributed by atoms with Crippen LogP contribution in [0.2, 0.25) is 0 Å². The van der Waals surface area contributed by atoms with Gasteiger partial charge in [-0.25, -0.2) is 0 Å². The van der Waals surface area contributed by atoms with E-state index in [4.69, 9.17) is 0 Å². The van der Waals surface area contributed by atoms with Crippen molar-refractivity contribution in [3.63, 3.8) is 0 Å². The second kappa shape index (κ2) is 2.51. The lowest BCUT2D eigenvalue weighted by Crippen LogP contribution is -2.27. The molecule has 1 heteroatoms. The van der Waals surface area contributed by atoms with E-state index in [1.807, 2.05) is 12.1 Å². The fourth-order valence-corrected chi connectivity index (χ4v) is 1.81. The smallest absolute Gasteiger partial charge is 0.0384 e. The summed E-state index contributed by atoms with van der Waals surface area (Å²) in [5.41, 5.74) is 3.01. The first kappa shape index (κ1) is 7.66. The molecule has 63 valence electrons. The number of benzene rings is 1. The Morgan fingerprint density at radius 3 is 3.08 bits per heavy atom. The van der Waals surface area contributed by atoms with Gasteiger partial charge in [0.05, 0.1) is 0 Å². The summed E-state index contributed by atoms with van der Waals surface area (Å²) in [7, 11) is 0. The number of rotatable bonds is 0. The third-order valence-electron chi connectivity index (χ3n) is 2.66. The van der Waals surface area contributed by atoms with E-state index in [1.165, 1.54) is 17.7 Å². The summed E-state index contributed by atoms with van der Waals surface area (Å²) in [5.74, 6) is 0. The molecule has 1 aliphatic heterocycles. The van der Waals surface area contributed by atoms with E-state index in [0.717, 1.165) is 6.54 Å². The van der Waals surface area contributed by atoms with Crippen molar-refractivity contribution in [2.45, 2.75) is 25.7 Å². The molecule has 1 aromatic carbocycles. The van der Waals surface area contributed by atoms with Crippen LogP contribution in [0.4, 0.5) is 5.69 Å². The van der Waals surface area contributed by atoms with Gasteiger partial charge in [-0.1, -0.05) is 26.0 Å². The SMILES string of the molecule is CC1(C)CCNc2c[c]ccc21. The molecule has 0 spiro atoms. The normalized spacial score (nSPS) is 19.5. The molecule has 1 N–H and O–H groups in total. The molecule has 1 nitrogen and oxygen atoms in total. The van der Waals surface area contributed by atoms with Crippen LogP contribution in [0.5, 0.6) is 0 Å². The molecule has 0 saturated heterocycles. The van der Waals surface area contributed by atoms with Gasteiger partial charge in [0, 0.05) is 12.2 Å². The molecule has 0 fully saturated rings. The van der Waals surface area contributed by atoms with Gasteiger partial charge < -0.3 is 5.32 Å². The molecule has 0 atom stereocenters. The lowest BCUT2D eigenvalue weighted by molar-refractivity contribution is 0.482. The number of hydrogen-bond acceptors (Lipinski definition) is 1. The first-order chi connectivity index (χ1) is 5.70. The molecule has 1 aliphatic rings. The Labute approximate surface area is 73.8 Å². The van der Waals surface area contributed by atoms with Gasteiger partial charge in [-0.05, 0) is 29.5 Å². The molecule has 0 bridgehead atoms. The molecule has 12 heavy (non-hydrogen) atoms. The molecule has 0 aromatic heterocycles. The van der Waals surface area contributed by atoms with Crippen LogP contribution in [-0.2, 0) is 5.41 Å². The lowest BCUT2D eigenvalue weighted by atomic mass is 9.78. The van der Waals surface area contributed by atoms with Crippen LogP contribution in [0.1, 0.15) is 25.8 Å². The Kier molecular flexibility index (Phi) is 1.60. The molecule has 0 unspecified atom stereocenters. The molecule has 0 saturated carbocycles. The molecule has 2 rings (SSSR count). The van der Waals surface area contributed by atoms with Gasteiger partial charge in [-0.3, -0.25) is 0 Å². The summed E-state index contributed by atoms with van der Waals surface area (Å²) >= 11 is 0. The topological polar surface area (TPSA) is 12.0 Å². The molecule has 1 aromatic rings.